The number of anilines is 1. The zero-order chi connectivity index (χ0) is 10.1. The van der Waals surface area contributed by atoms with Gasteiger partial charge in [-0.05, 0) is 6.92 Å². The molecule has 0 bridgehead atoms. The first kappa shape index (κ1) is 8.96. The van der Waals surface area contributed by atoms with E-state index in [9.17, 15) is 0 Å². The Balaban J connectivity index is 2.70. The first-order chi connectivity index (χ1) is 6.72. The second-order valence-corrected chi connectivity index (χ2v) is 3.12. The van der Waals surface area contributed by atoms with E-state index in [1.54, 1.807) is 13.3 Å². The lowest BCUT2D eigenvalue weighted by Crippen LogP contribution is -1.99. The van der Waals surface area contributed by atoms with Gasteiger partial charge in [-0.15, -0.1) is 0 Å². The zero-order valence-electron chi connectivity index (χ0n) is 8.16. The lowest BCUT2D eigenvalue weighted by molar-refractivity contribution is 0.182. The predicted octanol–water partition coefficient (Wildman–Crippen LogP) is 0.995. The van der Waals surface area contributed by atoms with Gasteiger partial charge in [0.2, 0.25) is 0 Å². The summed E-state index contributed by atoms with van der Waals surface area (Å²) in [6.45, 7) is 2.29. The van der Waals surface area contributed by atoms with Gasteiger partial charge >= 0.3 is 0 Å². The second kappa shape index (κ2) is 3.26. The number of aromatic amines is 1. The number of fused-ring (bicyclic) bond motifs is 1. The van der Waals surface area contributed by atoms with Crippen molar-refractivity contribution in [3.63, 3.8) is 0 Å². The van der Waals surface area contributed by atoms with E-state index in [1.165, 1.54) is 0 Å². The van der Waals surface area contributed by atoms with Gasteiger partial charge in [0, 0.05) is 13.3 Å². The number of methoxy groups -OCH3 is 1. The molecule has 0 aromatic carbocycles. The summed E-state index contributed by atoms with van der Waals surface area (Å²) in [5.41, 5.74) is 8.04. The van der Waals surface area contributed by atoms with Crippen molar-refractivity contribution in [1.29, 1.82) is 0 Å². The molecule has 0 fully saturated rings. The lowest BCUT2D eigenvalue weighted by Gasteiger charge is -2.02. The number of aromatic nitrogens is 3. The molecule has 0 saturated heterocycles. The van der Waals surface area contributed by atoms with E-state index >= 15 is 0 Å². The maximum atomic E-state index is 5.79. The van der Waals surface area contributed by atoms with Crippen LogP contribution in [0.15, 0.2) is 6.20 Å². The molecule has 0 aliphatic heterocycles. The van der Waals surface area contributed by atoms with Crippen LogP contribution in [0.4, 0.5) is 5.69 Å². The maximum Gasteiger partial charge on any atom is 0.143 e. The molecule has 14 heavy (non-hydrogen) atoms. The quantitative estimate of drug-likeness (QED) is 0.744. The molecule has 2 aromatic rings. The van der Waals surface area contributed by atoms with E-state index < -0.39 is 0 Å². The number of nitrogens with one attached hydrogen (secondary N) is 1. The summed E-state index contributed by atoms with van der Waals surface area (Å²) >= 11 is 0. The minimum absolute atomic E-state index is 0.446. The summed E-state index contributed by atoms with van der Waals surface area (Å²) in [5, 5.41) is 0.859. The van der Waals surface area contributed by atoms with E-state index in [-0.39, 0.29) is 0 Å². The maximum absolute atomic E-state index is 5.79. The molecular formula is C9H12N4O. The molecule has 0 atom stereocenters. The Morgan fingerprint density at radius 1 is 1.50 bits per heavy atom. The number of hydrogen-bond donors (Lipinski definition) is 2. The van der Waals surface area contributed by atoms with Gasteiger partial charge in [-0.25, -0.2) is 9.97 Å². The van der Waals surface area contributed by atoms with Crippen molar-refractivity contribution in [2.45, 2.75) is 13.5 Å². The topological polar surface area (TPSA) is 76.8 Å². The smallest absolute Gasteiger partial charge is 0.143 e. The van der Waals surface area contributed by atoms with Crippen molar-refractivity contribution in [2.24, 2.45) is 0 Å². The Hall–Kier alpha value is -1.62. The van der Waals surface area contributed by atoms with Crippen molar-refractivity contribution < 1.29 is 4.74 Å². The van der Waals surface area contributed by atoms with Crippen LogP contribution in [0.25, 0.3) is 11.0 Å². The van der Waals surface area contributed by atoms with Gasteiger partial charge in [0.15, 0.2) is 0 Å². The molecule has 5 heteroatoms. The Kier molecular flexibility index (Phi) is 2.09. The SMILES string of the molecule is COCc1nc(C)nc2[nH]cc(N)c12. The molecule has 0 aliphatic carbocycles. The molecule has 2 aromatic heterocycles. The lowest BCUT2D eigenvalue weighted by atomic mass is 10.2. The van der Waals surface area contributed by atoms with Crippen LogP contribution in [0.3, 0.4) is 0 Å². The van der Waals surface area contributed by atoms with Crippen LogP contribution in [0, 0.1) is 6.92 Å². The molecular weight excluding hydrogens is 180 g/mol. The first-order valence-corrected chi connectivity index (χ1v) is 4.31. The molecule has 0 radical (unpaired) electrons. The first-order valence-electron chi connectivity index (χ1n) is 4.31. The van der Waals surface area contributed by atoms with Crippen molar-refractivity contribution >= 4 is 16.7 Å². The fourth-order valence-corrected chi connectivity index (χ4v) is 1.50. The van der Waals surface area contributed by atoms with E-state index in [0.29, 0.717) is 18.1 Å². The molecule has 0 spiro atoms. The number of aryl methyl sites for hydroxylation is 1. The van der Waals surface area contributed by atoms with Crippen LogP contribution in [0.5, 0.6) is 0 Å². The third kappa shape index (κ3) is 1.31. The number of rotatable bonds is 2. The van der Waals surface area contributed by atoms with Crippen molar-refractivity contribution in [3.8, 4) is 0 Å². The number of H-pyrrole nitrogens is 1. The Morgan fingerprint density at radius 3 is 3.00 bits per heavy atom. The van der Waals surface area contributed by atoms with E-state index in [1.807, 2.05) is 6.92 Å². The van der Waals surface area contributed by atoms with Crippen molar-refractivity contribution in [3.05, 3.63) is 17.7 Å². The number of nitrogens with two attached hydrogens (primary N) is 1. The summed E-state index contributed by atoms with van der Waals surface area (Å²) in [5.74, 6) is 0.714. The summed E-state index contributed by atoms with van der Waals surface area (Å²) in [6.07, 6.45) is 1.72. The van der Waals surface area contributed by atoms with E-state index in [0.717, 1.165) is 16.7 Å². The zero-order valence-corrected chi connectivity index (χ0v) is 8.16. The summed E-state index contributed by atoms with van der Waals surface area (Å²) in [7, 11) is 1.63. The molecule has 74 valence electrons. The normalized spacial score (nSPS) is 11.0. The Bertz CT molecular complexity index is 463. The highest BCUT2D eigenvalue weighted by molar-refractivity contribution is 5.90. The molecule has 0 amide bonds. The highest BCUT2D eigenvalue weighted by Crippen LogP contribution is 2.22. The molecule has 0 aliphatic rings. The number of nitrogens with zero attached hydrogens (tertiary/aromatic N) is 2. The highest BCUT2D eigenvalue weighted by Gasteiger charge is 2.09. The molecule has 2 heterocycles. The largest absolute Gasteiger partial charge is 0.397 e. The molecule has 2 rings (SSSR count). The van der Waals surface area contributed by atoms with Crippen LogP contribution in [-0.2, 0) is 11.3 Å². The number of nitrogen functional groups attached to an aromatic ring is 1. The van der Waals surface area contributed by atoms with Gasteiger partial charge in [0.25, 0.3) is 0 Å². The minimum atomic E-state index is 0.446. The van der Waals surface area contributed by atoms with Crippen LogP contribution < -0.4 is 5.73 Å². The molecule has 0 saturated carbocycles. The van der Waals surface area contributed by atoms with E-state index in [2.05, 4.69) is 15.0 Å². The van der Waals surface area contributed by atoms with Crippen molar-refractivity contribution in [2.75, 3.05) is 12.8 Å². The third-order valence-electron chi connectivity index (χ3n) is 2.03. The predicted molar refractivity (Wildman–Crippen MR) is 53.8 cm³/mol. The van der Waals surface area contributed by atoms with Gasteiger partial charge in [-0.3, -0.25) is 0 Å². The van der Waals surface area contributed by atoms with Gasteiger partial charge < -0.3 is 15.5 Å². The molecule has 0 unspecified atom stereocenters. The Morgan fingerprint density at radius 2 is 2.29 bits per heavy atom. The fourth-order valence-electron chi connectivity index (χ4n) is 1.50. The molecule has 3 N–H and O–H groups in total. The summed E-state index contributed by atoms with van der Waals surface area (Å²) < 4.78 is 5.06. The fraction of sp³-hybridized carbons (Fsp3) is 0.333. The van der Waals surface area contributed by atoms with Gasteiger partial charge in [-0.1, -0.05) is 0 Å². The van der Waals surface area contributed by atoms with E-state index in [4.69, 9.17) is 10.5 Å². The van der Waals surface area contributed by atoms with Crippen molar-refractivity contribution in [1.82, 2.24) is 15.0 Å². The molecule has 5 nitrogen and oxygen atoms in total. The standard InChI is InChI=1S/C9H12N4O/c1-5-12-7(4-14-2)8-6(10)3-11-9(8)13-5/h3H,4,10H2,1-2H3,(H,11,12,13). The van der Waals surface area contributed by atoms with Crippen LogP contribution in [0.2, 0.25) is 0 Å². The van der Waals surface area contributed by atoms with Gasteiger partial charge in [-0.2, -0.15) is 0 Å². The van der Waals surface area contributed by atoms with Crippen LogP contribution in [0.1, 0.15) is 11.5 Å². The minimum Gasteiger partial charge on any atom is -0.397 e. The average Bonchev–Trinajstić information content (AvgIpc) is 2.48. The third-order valence-corrected chi connectivity index (χ3v) is 2.03. The summed E-state index contributed by atoms with van der Waals surface area (Å²) in [6, 6.07) is 0. The highest BCUT2D eigenvalue weighted by atomic mass is 16.5. The summed E-state index contributed by atoms with van der Waals surface area (Å²) in [4.78, 5) is 11.5. The average molecular weight is 192 g/mol. The Labute approximate surface area is 81.3 Å². The van der Waals surface area contributed by atoms with Gasteiger partial charge in [0.05, 0.1) is 23.4 Å². The number of hydrogen-bond acceptors (Lipinski definition) is 4. The number of ether oxygens (including phenoxy) is 1. The second-order valence-electron chi connectivity index (χ2n) is 3.12. The van der Waals surface area contributed by atoms with Crippen LogP contribution in [-0.4, -0.2) is 22.1 Å². The monoisotopic (exact) mass is 192 g/mol. The van der Waals surface area contributed by atoms with Gasteiger partial charge in [0.1, 0.15) is 11.5 Å². The van der Waals surface area contributed by atoms with Crippen LogP contribution >= 0.6 is 0 Å².